The molecule has 1 fully saturated rings. The van der Waals surface area contributed by atoms with Crippen LogP contribution in [0.2, 0.25) is 0 Å². The molecule has 2 N–H and O–H groups in total. The number of likely N-dealkylation sites (N-methyl/N-ethyl adjacent to an activating group) is 1. The van der Waals surface area contributed by atoms with E-state index in [0.717, 1.165) is 16.7 Å². The Morgan fingerprint density at radius 2 is 2.12 bits per heavy atom. The number of phenolic OH excluding ortho intramolecular Hbond substituents is 1. The number of amides is 2. The number of thioether (sulfide) groups is 1. The van der Waals surface area contributed by atoms with Gasteiger partial charge in [-0.2, -0.15) is 0 Å². The lowest BCUT2D eigenvalue weighted by molar-refractivity contribution is -0.121. The predicted octanol–water partition coefficient (Wildman–Crippen LogP) is 2.90. The third-order valence-electron chi connectivity index (χ3n) is 3.50. The zero-order chi connectivity index (χ0) is 18.8. The van der Waals surface area contributed by atoms with Crippen molar-refractivity contribution in [2.75, 3.05) is 7.05 Å². The van der Waals surface area contributed by atoms with Crippen LogP contribution in [0.5, 0.6) is 17.4 Å². The second-order valence-electron chi connectivity index (χ2n) is 5.24. The second-order valence-corrected chi connectivity index (χ2v) is 7.09. The quantitative estimate of drug-likeness (QED) is 0.701. The molecule has 26 heavy (non-hydrogen) atoms. The number of aromatic nitrogens is 2. The maximum Gasteiger partial charge on any atom is 0.293 e. The van der Waals surface area contributed by atoms with Crippen molar-refractivity contribution in [3.05, 3.63) is 45.2 Å². The first-order valence-corrected chi connectivity index (χ1v) is 8.82. The summed E-state index contributed by atoms with van der Waals surface area (Å²) in [4.78, 5) is 32.3. The molecule has 2 heterocycles. The molecule has 2 amide bonds. The van der Waals surface area contributed by atoms with E-state index < -0.39 is 5.91 Å². The molecule has 1 aromatic carbocycles. The van der Waals surface area contributed by atoms with E-state index in [0.29, 0.717) is 15.6 Å². The molecule has 0 unspecified atom stereocenters. The van der Waals surface area contributed by atoms with Crippen molar-refractivity contribution in [3.63, 3.8) is 0 Å². The lowest BCUT2D eigenvalue weighted by Crippen LogP contribution is -2.22. The van der Waals surface area contributed by atoms with E-state index in [1.54, 1.807) is 0 Å². The largest absolute Gasteiger partial charge is 0.504 e. The number of rotatable bonds is 4. The lowest BCUT2D eigenvalue weighted by Gasteiger charge is -2.11. The first-order valence-electron chi connectivity index (χ1n) is 7.21. The number of carbonyl (C=O) groups is 2. The number of aromatic hydroxyl groups is 2. The Morgan fingerprint density at radius 1 is 1.35 bits per heavy atom. The molecule has 0 radical (unpaired) electrons. The smallest absolute Gasteiger partial charge is 0.293 e. The average Bonchev–Trinajstić information content (AvgIpc) is 2.84. The monoisotopic (exact) mass is 437 g/mol. The second kappa shape index (κ2) is 7.34. The van der Waals surface area contributed by atoms with Crippen LogP contribution >= 0.6 is 27.7 Å². The first-order chi connectivity index (χ1) is 12.4. The molecule has 1 aromatic heterocycles. The van der Waals surface area contributed by atoms with Crippen LogP contribution in [0.4, 0.5) is 4.79 Å². The zero-order valence-corrected chi connectivity index (χ0v) is 15.7. The summed E-state index contributed by atoms with van der Waals surface area (Å²) >= 11 is 4.14. The summed E-state index contributed by atoms with van der Waals surface area (Å²) in [7, 11) is 1.41. The Morgan fingerprint density at radius 3 is 2.77 bits per heavy atom. The highest BCUT2D eigenvalue weighted by Crippen LogP contribution is 2.37. The molecule has 1 saturated heterocycles. The van der Waals surface area contributed by atoms with Crippen molar-refractivity contribution in [3.8, 4) is 17.4 Å². The van der Waals surface area contributed by atoms with Crippen LogP contribution in [0, 0.1) is 0 Å². The molecular formula is C16H12BrN3O5S. The number of carbonyl (C=O) groups excluding carboxylic acids is 2. The number of nitrogens with zero attached hydrogens (tertiary/aromatic N) is 3. The van der Waals surface area contributed by atoms with E-state index in [-0.39, 0.29) is 34.1 Å². The highest BCUT2D eigenvalue weighted by Gasteiger charge is 2.32. The maximum atomic E-state index is 12.0. The standard InChI is InChI=1S/C16H12BrN3O5S/c1-20-15(23)13(26-16(20)24)3-8-2-12(11(21)4-10(8)17)25-6-9-5-18-7-19-14(9)22/h2-5,7,21H,6H2,1H3,(H,18,19,22)/b13-3-. The van der Waals surface area contributed by atoms with Crippen LogP contribution in [0.25, 0.3) is 6.08 Å². The Labute approximate surface area is 160 Å². The summed E-state index contributed by atoms with van der Waals surface area (Å²) in [5, 5.41) is 19.3. The highest BCUT2D eigenvalue weighted by molar-refractivity contribution is 9.10. The zero-order valence-electron chi connectivity index (χ0n) is 13.3. The Hall–Kier alpha value is -2.59. The number of benzene rings is 1. The predicted molar refractivity (Wildman–Crippen MR) is 97.6 cm³/mol. The van der Waals surface area contributed by atoms with Crippen molar-refractivity contribution < 1.29 is 24.5 Å². The van der Waals surface area contributed by atoms with Gasteiger partial charge in [0.25, 0.3) is 11.1 Å². The minimum Gasteiger partial charge on any atom is -0.504 e. The number of hydrogen-bond donors (Lipinski definition) is 2. The maximum absolute atomic E-state index is 12.0. The van der Waals surface area contributed by atoms with Crippen molar-refractivity contribution in [2.45, 2.75) is 6.61 Å². The van der Waals surface area contributed by atoms with Crippen molar-refractivity contribution >= 4 is 44.9 Å². The van der Waals surface area contributed by atoms with Gasteiger partial charge in [-0.15, -0.1) is 0 Å². The molecule has 134 valence electrons. The van der Waals surface area contributed by atoms with E-state index in [9.17, 15) is 19.8 Å². The van der Waals surface area contributed by atoms with Crippen LogP contribution < -0.4 is 4.74 Å². The van der Waals surface area contributed by atoms with Gasteiger partial charge in [-0.1, -0.05) is 15.9 Å². The van der Waals surface area contributed by atoms with Gasteiger partial charge in [-0.05, 0) is 35.5 Å². The number of hydrogen-bond acceptors (Lipinski definition) is 8. The van der Waals surface area contributed by atoms with Gasteiger partial charge >= 0.3 is 0 Å². The minimum atomic E-state index is -0.395. The van der Waals surface area contributed by atoms with Gasteiger partial charge in [-0.25, -0.2) is 9.97 Å². The van der Waals surface area contributed by atoms with Gasteiger partial charge < -0.3 is 14.9 Å². The molecule has 3 rings (SSSR count). The number of ether oxygens (including phenoxy) is 1. The molecule has 10 heteroatoms. The van der Waals surface area contributed by atoms with Crippen molar-refractivity contribution in [1.29, 1.82) is 0 Å². The summed E-state index contributed by atoms with van der Waals surface area (Å²) in [5.41, 5.74) is 0.897. The van der Waals surface area contributed by atoms with E-state index in [1.807, 2.05) is 0 Å². The van der Waals surface area contributed by atoms with Gasteiger partial charge in [0.1, 0.15) is 12.9 Å². The van der Waals surface area contributed by atoms with Crippen LogP contribution in [-0.2, 0) is 11.4 Å². The van der Waals surface area contributed by atoms with Crippen LogP contribution in [0.3, 0.4) is 0 Å². The van der Waals surface area contributed by atoms with E-state index in [4.69, 9.17) is 4.74 Å². The normalized spacial score (nSPS) is 15.8. The average molecular weight is 438 g/mol. The summed E-state index contributed by atoms with van der Waals surface area (Å²) in [6, 6.07) is 2.93. The molecule has 1 aliphatic heterocycles. The first kappa shape index (κ1) is 18.2. The third-order valence-corrected chi connectivity index (χ3v) is 5.15. The van der Waals surface area contributed by atoms with Crippen LogP contribution in [0.15, 0.2) is 34.0 Å². The van der Waals surface area contributed by atoms with E-state index in [1.165, 1.54) is 37.8 Å². The molecule has 0 atom stereocenters. The number of phenols is 1. The van der Waals surface area contributed by atoms with E-state index >= 15 is 0 Å². The molecular weight excluding hydrogens is 426 g/mol. The van der Waals surface area contributed by atoms with Gasteiger partial charge in [-0.3, -0.25) is 14.5 Å². The Balaban J connectivity index is 1.87. The summed E-state index contributed by atoms with van der Waals surface area (Å²) < 4.78 is 6.05. The molecule has 0 aliphatic carbocycles. The SMILES string of the molecule is CN1C(=O)S/C(=C\c2cc(OCc3cncnc3O)c(O)cc2Br)C1=O. The summed E-state index contributed by atoms with van der Waals surface area (Å²) in [6.07, 6.45) is 4.14. The molecule has 0 saturated carbocycles. The lowest BCUT2D eigenvalue weighted by atomic mass is 10.2. The van der Waals surface area contributed by atoms with Crippen molar-refractivity contribution in [2.24, 2.45) is 0 Å². The summed E-state index contributed by atoms with van der Waals surface area (Å²) in [5.74, 6) is -0.602. The molecule has 2 aromatic rings. The molecule has 1 aliphatic rings. The fourth-order valence-corrected chi connectivity index (χ4v) is 3.34. The van der Waals surface area contributed by atoms with Crippen LogP contribution in [0.1, 0.15) is 11.1 Å². The fraction of sp³-hybridized carbons (Fsp3) is 0.125. The van der Waals surface area contributed by atoms with Gasteiger partial charge in [0.2, 0.25) is 5.88 Å². The minimum absolute atomic E-state index is 0.0627. The van der Waals surface area contributed by atoms with Gasteiger partial charge in [0, 0.05) is 17.7 Å². The topological polar surface area (TPSA) is 113 Å². The summed E-state index contributed by atoms with van der Waals surface area (Å²) in [6.45, 7) is -0.0627. The number of imide groups is 1. The van der Waals surface area contributed by atoms with Crippen LogP contribution in [-0.4, -0.2) is 43.3 Å². The number of halogens is 1. The van der Waals surface area contributed by atoms with Gasteiger partial charge in [0.15, 0.2) is 11.5 Å². The third kappa shape index (κ3) is 3.65. The highest BCUT2D eigenvalue weighted by atomic mass is 79.9. The molecule has 8 nitrogen and oxygen atoms in total. The van der Waals surface area contributed by atoms with Crippen molar-refractivity contribution in [1.82, 2.24) is 14.9 Å². The molecule has 0 bridgehead atoms. The van der Waals surface area contributed by atoms with Gasteiger partial charge in [0.05, 0.1) is 10.5 Å². The fourth-order valence-electron chi connectivity index (χ4n) is 2.08. The Bertz CT molecular complexity index is 934. The van der Waals surface area contributed by atoms with E-state index in [2.05, 4.69) is 25.9 Å². The molecule has 0 spiro atoms. The Kier molecular flexibility index (Phi) is 5.14.